The van der Waals surface area contributed by atoms with Crippen molar-refractivity contribution < 1.29 is 14.3 Å². The first-order valence-electron chi connectivity index (χ1n) is 10.9. The van der Waals surface area contributed by atoms with Crippen LogP contribution in [-0.2, 0) is 21.3 Å². The zero-order chi connectivity index (χ0) is 20.9. The molecule has 1 unspecified atom stereocenters. The fourth-order valence-corrected chi connectivity index (χ4v) is 3.41. The molecule has 1 saturated heterocycles. The van der Waals surface area contributed by atoms with Gasteiger partial charge in [0.1, 0.15) is 6.10 Å². The number of carbonyl (C=O) groups excluding carboxylic acids is 1. The number of hydrogen-bond acceptors (Lipinski definition) is 5. The molecule has 1 fully saturated rings. The Kier molecular flexibility index (Phi) is 13.7. The predicted octanol–water partition coefficient (Wildman–Crippen LogP) is 3.28. The molecule has 2 heterocycles. The highest BCUT2D eigenvalue weighted by atomic mass is 127. The van der Waals surface area contributed by atoms with Crippen LogP contribution in [-0.4, -0.2) is 66.0 Å². The number of morpholine rings is 1. The van der Waals surface area contributed by atoms with Crippen LogP contribution in [0.1, 0.15) is 64.0 Å². The van der Waals surface area contributed by atoms with Crippen LogP contribution in [0.2, 0.25) is 0 Å². The van der Waals surface area contributed by atoms with Crippen LogP contribution in [0, 0.1) is 0 Å². The Morgan fingerprint density at radius 3 is 2.77 bits per heavy atom. The van der Waals surface area contributed by atoms with E-state index in [1.165, 1.54) is 0 Å². The standard InChI is InChI=1S/C21H37N5O3.HI/c1-4-22-21(23-12-10-8-6-7-9-11-20(27)28-5-2)26-13-14-29-19(17-26)18-15-24-25(3)16-18;/h15-16,19H,4-14,17H2,1-3H3,(H,22,23);1H. The van der Waals surface area contributed by atoms with Gasteiger partial charge in [0, 0.05) is 44.9 Å². The smallest absolute Gasteiger partial charge is 0.305 e. The highest BCUT2D eigenvalue weighted by molar-refractivity contribution is 14.0. The van der Waals surface area contributed by atoms with Crippen LogP contribution in [0.5, 0.6) is 0 Å². The molecule has 1 aromatic rings. The minimum Gasteiger partial charge on any atom is -0.466 e. The molecule has 2 rings (SSSR count). The summed E-state index contributed by atoms with van der Waals surface area (Å²) in [4.78, 5) is 18.4. The first kappa shape index (κ1) is 26.7. The number of guanidine groups is 1. The van der Waals surface area contributed by atoms with Crippen LogP contribution in [0.15, 0.2) is 17.4 Å². The van der Waals surface area contributed by atoms with Gasteiger partial charge in [0.15, 0.2) is 5.96 Å². The summed E-state index contributed by atoms with van der Waals surface area (Å²) in [6, 6.07) is 0. The van der Waals surface area contributed by atoms with Gasteiger partial charge in [-0.25, -0.2) is 0 Å². The molecule has 172 valence electrons. The number of halogens is 1. The maximum Gasteiger partial charge on any atom is 0.305 e. The number of unbranched alkanes of at least 4 members (excludes halogenated alkanes) is 4. The van der Waals surface area contributed by atoms with E-state index in [1.807, 2.05) is 31.0 Å². The van der Waals surface area contributed by atoms with Gasteiger partial charge in [-0.2, -0.15) is 5.10 Å². The van der Waals surface area contributed by atoms with Crippen molar-refractivity contribution in [2.45, 2.75) is 58.5 Å². The van der Waals surface area contributed by atoms with Gasteiger partial charge in [0.25, 0.3) is 0 Å². The Balaban J connectivity index is 0.00000450. The Hall–Kier alpha value is -1.36. The normalized spacial score (nSPS) is 16.8. The summed E-state index contributed by atoms with van der Waals surface area (Å²) in [5.41, 5.74) is 1.11. The molecule has 9 heteroatoms. The monoisotopic (exact) mass is 535 g/mol. The molecule has 0 amide bonds. The number of hydrogen-bond donors (Lipinski definition) is 1. The molecule has 30 heavy (non-hydrogen) atoms. The minimum atomic E-state index is -0.0810. The molecule has 0 radical (unpaired) electrons. The molecular formula is C21H38IN5O3. The maximum atomic E-state index is 11.3. The summed E-state index contributed by atoms with van der Waals surface area (Å²) < 4.78 is 12.7. The van der Waals surface area contributed by atoms with E-state index in [2.05, 4.69) is 22.2 Å². The predicted molar refractivity (Wildman–Crippen MR) is 129 cm³/mol. The summed E-state index contributed by atoms with van der Waals surface area (Å²) in [5, 5.41) is 7.67. The first-order chi connectivity index (χ1) is 14.1. The number of aromatic nitrogens is 2. The fraction of sp³-hybridized carbons (Fsp3) is 0.762. The van der Waals surface area contributed by atoms with E-state index in [0.717, 1.165) is 69.8 Å². The van der Waals surface area contributed by atoms with Crippen molar-refractivity contribution in [2.24, 2.45) is 12.0 Å². The maximum absolute atomic E-state index is 11.3. The largest absolute Gasteiger partial charge is 0.466 e. The third-order valence-electron chi connectivity index (χ3n) is 4.90. The number of carbonyl (C=O) groups is 1. The van der Waals surface area contributed by atoms with Crippen molar-refractivity contribution in [1.29, 1.82) is 0 Å². The van der Waals surface area contributed by atoms with Crippen molar-refractivity contribution >= 4 is 35.9 Å². The number of ether oxygens (including phenoxy) is 2. The molecule has 0 saturated carbocycles. The first-order valence-corrected chi connectivity index (χ1v) is 10.9. The molecule has 1 aliphatic heterocycles. The molecule has 0 spiro atoms. The van der Waals surface area contributed by atoms with E-state index in [0.29, 0.717) is 19.6 Å². The van der Waals surface area contributed by atoms with Crippen LogP contribution in [0.25, 0.3) is 0 Å². The molecule has 8 nitrogen and oxygen atoms in total. The van der Waals surface area contributed by atoms with Crippen LogP contribution in [0.4, 0.5) is 0 Å². The summed E-state index contributed by atoms with van der Waals surface area (Å²) >= 11 is 0. The lowest BCUT2D eigenvalue weighted by Gasteiger charge is -2.34. The molecule has 1 aromatic heterocycles. The van der Waals surface area contributed by atoms with Crippen molar-refractivity contribution in [3.8, 4) is 0 Å². The number of nitrogens with zero attached hydrogens (tertiary/aromatic N) is 4. The molecule has 1 aliphatic rings. The third-order valence-corrected chi connectivity index (χ3v) is 4.90. The van der Waals surface area contributed by atoms with E-state index in [9.17, 15) is 4.79 Å². The van der Waals surface area contributed by atoms with E-state index < -0.39 is 0 Å². The Morgan fingerprint density at radius 1 is 1.30 bits per heavy atom. The van der Waals surface area contributed by atoms with Gasteiger partial charge in [-0.1, -0.05) is 19.3 Å². The molecule has 0 bridgehead atoms. The van der Waals surface area contributed by atoms with Crippen molar-refractivity contribution in [3.63, 3.8) is 0 Å². The highest BCUT2D eigenvalue weighted by Crippen LogP contribution is 2.21. The Bertz CT molecular complexity index is 638. The van der Waals surface area contributed by atoms with Crippen molar-refractivity contribution in [3.05, 3.63) is 18.0 Å². The van der Waals surface area contributed by atoms with Gasteiger partial charge < -0.3 is 19.7 Å². The van der Waals surface area contributed by atoms with E-state index in [-0.39, 0.29) is 36.0 Å². The van der Waals surface area contributed by atoms with Crippen LogP contribution >= 0.6 is 24.0 Å². The van der Waals surface area contributed by atoms with Crippen molar-refractivity contribution in [2.75, 3.05) is 39.4 Å². The molecule has 0 aromatic carbocycles. The van der Waals surface area contributed by atoms with Gasteiger partial charge in [0.05, 0.1) is 26.0 Å². The quantitative estimate of drug-likeness (QED) is 0.154. The average Bonchev–Trinajstić information content (AvgIpc) is 3.16. The lowest BCUT2D eigenvalue weighted by Crippen LogP contribution is -2.48. The zero-order valence-electron chi connectivity index (χ0n) is 18.6. The SMILES string of the molecule is CCNC(=NCCCCCCCC(=O)OCC)N1CCOC(c2cnn(C)c2)C1.I. The number of nitrogens with one attached hydrogen (secondary N) is 1. The van der Waals surface area contributed by atoms with E-state index in [1.54, 1.807) is 0 Å². The lowest BCUT2D eigenvalue weighted by molar-refractivity contribution is -0.143. The third kappa shape index (κ3) is 9.63. The van der Waals surface area contributed by atoms with Gasteiger partial charge in [-0.15, -0.1) is 24.0 Å². The van der Waals surface area contributed by atoms with Gasteiger partial charge in [0.2, 0.25) is 0 Å². The molecule has 1 N–H and O–H groups in total. The zero-order valence-corrected chi connectivity index (χ0v) is 21.0. The van der Waals surface area contributed by atoms with Crippen LogP contribution in [0.3, 0.4) is 0 Å². The molecule has 1 atom stereocenters. The average molecular weight is 535 g/mol. The topological polar surface area (TPSA) is 81.0 Å². The number of rotatable bonds is 11. The second kappa shape index (κ2) is 15.4. The Morgan fingerprint density at radius 2 is 2.07 bits per heavy atom. The summed E-state index contributed by atoms with van der Waals surface area (Å²) in [6.45, 7) is 8.38. The summed E-state index contributed by atoms with van der Waals surface area (Å²) in [7, 11) is 1.92. The number of aliphatic imine (C=N–C) groups is 1. The Labute approximate surface area is 197 Å². The van der Waals surface area contributed by atoms with E-state index >= 15 is 0 Å². The second-order valence-electron chi connectivity index (χ2n) is 7.31. The van der Waals surface area contributed by atoms with Gasteiger partial charge in [-0.05, 0) is 26.7 Å². The molecule has 0 aliphatic carbocycles. The van der Waals surface area contributed by atoms with Crippen LogP contribution < -0.4 is 5.32 Å². The number of esters is 1. The van der Waals surface area contributed by atoms with Gasteiger partial charge >= 0.3 is 5.97 Å². The fourth-order valence-electron chi connectivity index (χ4n) is 3.41. The second-order valence-corrected chi connectivity index (χ2v) is 7.31. The highest BCUT2D eigenvalue weighted by Gasteiger charge is 2.25. The molecular weight excluding hydrogens is 497 g/mol. The summed E-state index contributed by atoms with van der Waals surface area (Å²) in [6.07, 6.45) is 9.75. The van der Waals surface area contributed by atoms with Gasteiger partial charge in [-0.3, -0.25) is 14.5 Å². The lowest BCUT2D eigenvalue weighted by atomic mass is 10.1. The van der Waals surface area contributed by atoms with Crippen molar-refractivity contribution in [1.82, 2.24) is 20.0 Å². The van der Waals surface area contributed by atoms with E-state index in [4.69, 9.17) is 14.5 Å². The number of aryl methyl sites for hydroxylation is 1. The summed E-state index contributed by atoms with van der Waals surface area (Å²) in [5.74, 6) is 0.884. The minimum absolute atomic E-state index is 0.